The van der Waals surface area contributed by atoms with Crippen molar-refractivity contribution in [2.75, 3.05) is 5.32 Å². The Balaban J connectivity index is 1.82. The third-order valence-electron chi connectivity index (χ3n) is 4.08. The van der Waals surface area contributed by atoms with Crippen molar-refractivity contribution in [2.45, 2.75) is 31.2 Å². The largest absolute Gasteiger partial charge is 0.325 e. The molecule has 0 saturated heterocycles. The number of nitrogens with zero attached hydrogens (tertiary/aromatic N) is 2. The Labute approximate surface area is 156 Å². The lowest BCUT2D eigenvalue weighted by molar-refractivity contribution is -0.115. The van der Waals surface area contributed by atoms with Crippen molar-refractivity contribution in [3.63, 3.8) is 0 Å². The Morgan fingerprint density at radius 1 is 1.15 bits per heavy atom. The summed E-state index contributed by atoms with van der Waals surface area (Å²) >= 11 is 1.27. The number of carbonyl (C=O) groups is 1. The molecule has 1 N–H and O–H groups in total. The van der Waals surface area contributed by atoms with E-state index in [4.69, 9.17) is 0 Å². The molecule has 26 heavy (non-hydrogen) atoms. The molecule has 2 aromatic carbocycles. The van der Waals surface area contributed by atoms with Gasteiger partial charge in [0.05, 0.1) is 16.2 Å². The molecule has 0 bridgehead atoms. The van der Waals surface area contributed by atoms with Crippen LogP contribution in [0.2, 0.25) is 0 Å². The minimum absolute atomic E-state index is 0.111. The van der Waals surface area contributed by atoms with E-state index in [2.05, 4.69) is 16.4 Å². The molecule has 1 amide bonds. The second-order valence-corrected chi connectivity index (χ2v) is 7.71. The van der Waals surface area contributed by atoms with Gasteiger partial charge in [0, 0.05) is 12.7 Å². The summed E-state index contributed by atoms with van der Waals surface area (Å²) < 4.78 is 1.49. The van der Waals surface area contributed by atoms with Gasteiger partial charge in [0.2, 0.25) is 5.91 Å². The zero-order valence-electron chi connectivity index (χ0n) is 15.2. The molecule has 0 saturated carbocycles. The Morgan fingerprint density at radius 2 is 1.81 bits per heavy atom. The number of hydrogen-bond acceptors (Lipinski definition) is 4. The van der Waals surface area contributed by atoms with Crippen molar-refractivity contribution in [1.29, 1.82) is 0 Å². The van der Waals surface area contributed by atoms with Crippen LogP contribution in [0.1, 0.15) is 18.1 Å². The number of nitrogens with one attached hydrogen (secondary N) is 1. The highest BCUT2D eigenvalue weighted by Crippen LogP contribution is 2.23. The quantitative estimate of drug-likeness (QED) is 0.564. The van der Waals surface area contributed by atoms with Crippen molar-refractivity contribution in [1.82, 2.24) is 9.55 Å². The molecule has 3 rings (SSSR count). The molecular weight excluding hydrogens is 346 g/mol. The van der Waals surface area contributed by atoms with Crippen molar-refractivity contribution in [2.24, 2.45) is 7.05 Å². The van der Waals surface area contributed by atoms with E-state index < -0.39 is 5.25 Å². The molecule has 0 aliphatic carbocycles. The smallest absolute Gasteiger partial charge is 0.261 e. The molecular formula is C20H21N3O2S. The maximum atomic E-state index is 12.6. The van der Waals surface area contributed by atoms with Crippen LogP contribution < -0.4 is 10.9 Å². The van der Waals surface area contributed by atoms with Crippen LogP contribution >= 0.6 is 11.8 Å². The van der Waals surface area contributed by atoms with Gasteiger partial charge in [0.15, 0.2) is 5.16 Å². The first-order chi connectivity index (χ1) is 12.3. The highest BCUT2D eigenvalue weighted by atomic mass is 32.2. The number of thioether (sulfide) groups is 1. The molecule has 1 unspecified atom stereocenters. The molecule has 6 heteroatoms. The molecule has 134 valence electrons. The summed E-state index contributed by atoms with van der Waals surface area (Å²) in [6.07, 6.45) is 0. The van der Waals surface area contributed by atoms with Crippen LogP contribution in [0.15, 0.2) is 52.4 Å². The van der Waals surface area contributed by atoms with Crippen molar-refractivity contribution in [3.8, 4) is 0 Å². The van der Waals surface area contributed by atoms with E-state index in [-0.39, 0.29) is 11.5 Å². The lowest BCUT2D eigenvalue weighted by Gasteiger charge is -2.14. The second kappa shape index (κ2) is 7.33. The lowest BCUT2D eigenvalue weighted by atomic mass is 10.1. The van der Waals surface area contributed by atoms with E-state index in [0.29, 0.717) is 16.1 Å². The van der Waals surface area contributed by atoms with Gasteiger partial charge >= 0.3 is 0 Å². The first-order valence-corrected chi connectivity index (χ1v) is 9.24. The summed E-state index contributed by atoms with van der Waals surface area (Å²) in [4.78, 5) is 29.6. The maximum absolute atomic E-state index is 12.6. The molecule has 0 aliphatic rings. The SMILES string of the molecule is Cc1cc(C)cc(NC(=O)C(C)Sc2nc3ccccc3c(=O)n2C)c1. The monoisotopic (exact) mass is 367 g/mol. The fourth-order valence-corrected chi connectivity index (χ4v) is 3.68. The van der Waals surface area contributed by atoms with Gasteiger partial charge in [-0.2, -0.15) is 0 Å². The number of aryl methyl sites for hydroxylation is 2. The van der Waals surface area contributed by atoms with Gasteiger partial charge in [-0.25, -0.2) is 4.98 Å². The number of benzene rings is 2. The van der Waals surface area contributed by atoms with E-state index in [1.54, 1.807) is 19.2 Å². The fourth-order valence-electron chi connectivity index (χ4n) is 2.81. The fraction of sp³-hybridized carbons (Fsp3) is 0.250. The molecule has 0 spiro atoms. The summed E-state index contributed by atoms with van der Waals surface area (Å²) in [6, 6.07) is 13.2. The minimum atomic E-state index is -0.393. The Hall–Kier alpha value is -2.60. The molecule has 1 heterocycles. The van der Waals surface area contributed by atoms with E-state index in [0.717, 1.165) is 16.8 Å². The topological polar surface area (TPSA) is 64.0 Å². The van der Waals surface area contributed by atoms with Crippen LogP contribution in [-0.4, -0.2) is 20.7 Å². The predicted octanol–water partition coefficient (Wildman–Crippen LogP) is 3.67. The average molecular weight is 367 g/mol. The standard InChI is InChI=1S/C20H21N3O2S/c1-12-9-13(2)11-15(10-12)21-18(24)14(3)26-20-22-17-8-6-5-7-16(17)19(25)23(20)4/h5-11,14H,1-4H3,(H,21,24). The van der Waals surface area contributed by atoms with Crippen molar-refractivity contribution in [3.05, 3.63) is 63.9 Å². The van der Waals surface area contributed by atoms with Crippen LogP contribution in [0, 0.1) is 13.8 Å². The third-order valence-corrected chi connectivity index (χ3v) is 5.23. The van der Waals surface area contributed by atoms with Crippen molar-refractivity contribution < 1.29 is 4.79 Å². The van der Waals surface area contributed by atoms with Gasteiger partial charge in [0.25, 0.3) is 5.56 Å². The van der Waals surface area contributed by atoms with Gasteiger partial charge in [-0.05, 0) is 56.2 Å². The molecule has 0 fully saturated rings. The number of anilines is 1. The van der Waals surface area contributed by atoms with Gasteiger partial charge < -0.3 is 5.32 Å². The van der Waals surface area contributed by atoms with E-state index >= 15 is 0 Å². The number of carbonyl (C=O) groups excluding carboxylic acids is 1. The van der Waals surface area contributed by atoms with Gasteiger partial charge in [-0.15, -0.1) is 0 Å². The van der Waals surface area contributed by atoms with Crippen LogP contribution in [0.3, 0.4) is 0 Å². The molecule has 0 radical (unpaired) electrons. The highest BCUT2D eigenvalue weighted by molar-refractivity contribution is 8.00. The normalized spacial score (nSPS) is 12.2. The van der Waals surface area contributed by atoms with E-state index in [1.807, 2.05) is 45.0 Å². The molecule has 1 atom stereocenters. The summed E-state index contributed by atoms with van der Waals surface area (Å²) in [5, 5.41) is 3.65. The second-order valence-electron chi connectivity index (χ2n) is 6.40. The maximum Gasteiger partial charge on any atom is 0.261 e. The Morgan fingerprint density at radius 3 is 2.50 bits per heavy atom. The number of aromatic nitrogens is 2. The van der Waals surface area contributed by atoms with Crippen molar-refractivity contribution >= 4 is 34.3 Å². The Kier molecular flexibility index (Phi) is 5.13. The van der Waals surface area contributed by atoms with Crippen LogP contribution in [0.4, 0.5) is 5.69 Å². The third kappa shape index (κ3) is 3.80. The van der Waals surface area contributed by atoms with Crippen LogP contribution in [0.25, 0.3) is 10.9 Å². The van der Waals surface area contributed by atoms with E-state index in [9.17, 15) is 9.59 Å². The van der Waals surface area contributed by atoms with E-state index in [1.165, 1.54) is 16.3 Å². The molecule has 0 aliphatic heterocycles. The summed E-state index contributed by atoms with van der Waals surface area (Å²) in [6.45, 7) is 5.80. The average Bonchev–Trinajstić information content (AvgIpc) is 2.58. The summed E-state index contributed by atoms with van der Waals surface area (Å²) in [5.41, 5.74) is 3.50. The van der Waals surface area contributed by atoms with Gasteiger partial charge in [-0.1, -0.05) is 30.0 Å². The minimum Gasteiger partial charge on any atom is -0.325 e. The molecule has 1 aromatic heterocycles. The van der Waals surface area contributed by atoms with Crippen LogP contribution in [-0.2, 0) is 11.8 Å². The lowest BCUT2D eigenvalue weighted by Crippen LogP contribution is -2.25. The number of rotatable bonds is 4. The zero-order valence-corrected chi connectivity index (χ0v) is 16.1. The number of para-hydroxylation sites is 1. The number of hydrogen-bond donors (Lipinski definition) is 1. The molecule has 5 nitrogen and oxygen atoms in total. The number of fused-ring (bicyclic) bond motifs is 1. The number of amides is 1. The van der Waals surface area contributed by atoms with Crippen LogP contribution in [0.5, 0.6) is 0 Å². The molecule has 3 aromatic rings. The predicted molar refractivity (Wildman–Crippen MR) is 107 cm³/mol. The van der Waals surface area contributed by atoms with Gasteiger partial charge in [-0.3, -0.25) is 14.2 Å². The Bertz CT molecular complexity index is 1020. The highest BCUT2D eigenvalue weighted by Gasteiger charge is 2.18. The van der Waals surface area contributed by atoms with Gasteiger partial charge in [0.1, 0.15) is 0 Å². The summed E-state index contributed by atoms with van der Waals surface area (Å²) in [5.74, 6) is -0.123. The first-order valence-electron chi connectivity index (χ1n) is 8.37. The summed E-state index contributed by atoms with van der Waals surface area (Å²) in [7, 11) is 1.68. The zero-order chi connectivity index (χ0) is 18.8. The first kappa shape index (κ1) is 18.2.